The lowest BCUT2D eigenvalue weighted by atomic mass is 9.90. The Morgan fingerprint density at radius 3 is 1.92 bits per heavy atom. The number of carboxylic acids is 1. The van der Waals surface area contributed by atoms with Crippen LogP contribution < -0.4 is 16.0 Å². The van der Waals surface area contributed by atoms with Crippen LogP contribution in [0.1, 0.15) is 60.0 Å². The third-order valence-corrected chi connectivity index (χ3v) is 8.39. The van der Waals surface area contributed by atoms with Gasteiger partial charge in [-0.3, -0.25) is 14.4 Å². The Bertz CT molecular complexity index is 1450. The second kappa shape index (κ2) is 21.4. The number of benzene rings is 3. The van der Waals surface area contributed by atoms with Crippen molar-refractivity contribution in [2.24, 2.45) is 5.92 Å². The zero-order valence-corrected chi connectivity index (χ0v) is 28.2. The molecule has 270 valence electrons. The third-order valence-electron chi connectivity index (χ3n) is 8.39. The summed E-state index contributed by atoms with van der Waals surface area (Å²) in [6, 6.07) is 29.2. The lowest BCUT2D eigenvalue weighted by Crippen LogP contribution is -2.47. The second-order valence-electron chi connectivity index (χ2n) is 12.3. The van der Waals surface area contributed by atoms with Crippen molar-refractivity contribution in [3.8, 4) is 0 Å². The molecular formula is C38H47F3N4O5. The highest BCUT2D eigenvalue weighted by Gasteiger charge is 2.38. The molecule has 3 amide bonds. The van der Waals surface area contributed by atoms with E-state index in [1.54, 1.807) is 12.1 Å². The molecule has 0 bridgehead atoms. The summed E-state index contributed by atoms with van der Waals surface area (Å²) in [6.07, 6.45) is 1.37. The molecule has 3 aromatic carbocycles. The molecule has 1 aliphatic heterocycles. The number of carbonyl (C=O) groups is 4. The largest absolute Gasteiger partial charge is 0.490 e. The van der Waals surface area contributed by atoms with Crippen LogP contribution in [0.2, 0.25) is 0 Å². The van der Waals surface area contributed by atoms with Gasteiger partial charge in [0.2, 0.25) is 11.8 Å². The molecule has 1 fully saturated rings. The first-order valence-electron chi connectivity index (χ1n) is 17.0. The number of nitrogens with zero attached hydrogens (tertiary/aromatic N) is 1. The fraction of sp³-hybridized carbons (Fsp3) is 0.421. The Morgan fingerprint density at radius 2 is 1.34 bits per heavy atom. The van der Waals surface area contributed by atoms with Crippen molar-refractivity contribution in [1.82, 2.24) is 20.9 Å². The number of carbonyl (C=O) groups excluding carboxylic acids is 3. The van der Waals surface area contributed by atoms with Gasteiger partial charge in [-0.15, -0.1) is 0 Å². The monoisotopic (exact) mass is 696 g/mol. The molecule has 0 unspecified atom stereocenters. The van der Waals surface area contributed by atoms with Crippen LogP contribution in [0.4, 0.5) is 13.2 Å². The van der Waals surface area contributed by atoms with E-state index in [1.807, 2.05) is 48.5 Å². The Hall–Kier alpha value is -4.71. The molecular weight excluding hydrogens is 649 g/mol. The van der Waals surface area contributed by atoms with Gasteiger partial charge in [0.15, 0.2) is 0 Å². The molecule has 0 spiro atoms. The molecule has 50 heavy (non-hydrogen) atoms. The lowest BCUT2D eigenvalue weighted by Gasteiger charge is -2.32. The van der Waals surface area contributed by atoms with Gasteiger partial charge in [0.1, 0.15) is 6.04 Å². The van der Waals surface area contributed by atoms with Crippen LogP contribution >= 0.6 is 0 Å². The number of rotatable bonds is 16. The normalized spacial score (nSPS) is 14.1. The highest BCUT2D eigenvalue weighted by atomic mass is 19.4. The SMILES string of the molecule is O=C(CCCNC(=O)c1ccccc1)N[C@@H](CCCN1CCC(Cc2ccccc2)CC1)C(=O)NCCc1ccccc1.O=C(O)C(F)(F)F. The molecule has 4 rings (SSSR count). The van der Waals surface area contributed by atoms with Crippen LogP contribution in [0.15, 0.2) is 91.0 Å². The maximum Gasteiger partial charge on any atom is 0.490 e. The van der Waals surface area contributed by atoms with Crippen molar-refractivity contribution in [1.29, 1.82) is 0 Å². The van der Waals surface area contributed by atoms with E-state index in [2.05, 4.69) is 51.2 Å². The van der Waals surface area contributed by atoms with Gasteiger partial charge in [0, 0.05) is 25.1 Å². The molecule has 9 nitrogen and oxygen atoms in total. The summed E-state index contributed by atoms with van der Waals surface area (Å²) in [6.45, 7) is 4.00. The number of carboxylic acid groups (broad SMARTS) is 1. The molecule has 1 saturated heterocycles. The molecule has 12 heteroatoms. The molecule has 0 aromatic heterocycles. The zero-order valence-electron chi connectivity index (χ0n) is 28.2. The Kier molecular flexibility index (Phi) is 17.0. The van der Waals surface area contributed by atoms with Crippen molar-refractivity contribution >= 4 is 23.7 Å². The van der Waals surface area contributed by atoms with Gasteiger partial charge in [-0.25, -0.2) is 4.79 Å². The predicted octanol–water partition coefficient (Wildman–Crippen LogP) is 5.41. The maximum atomic E-state index is 13.1. The van der Waals surface area contributed by atoms with E-state index in [0.29, 0.717) is 31.5 Å². The number of hydrogen-bond donors (Lipinski definition) is 4. The molecule has 1 heterocycles. The van der Waals surface area contributed by atoms with Crippen molar-refractivity contribution in [3.05, 3.63) is 108 Å². The Balaban J connectivity index is 0.000000872. The van der Waals surface area contributed by atoms with Gasteiger partial charge in [0.05, 0.1) is 0 Å². The maximum absolute atomic E-state index is 13.1. The number of amides is 3. The fourth-order valence-electron chi connectivity index (χ4n) is 5.66. The van der Waals surface area contributed by atoms with Crippen LogP contribution in [0.3, 0.4) is 0 Å². The van der Waals surface area contributed by atoms with E-state index in [-0.39, 0.29) is 24.1 Å². The van der Waals surface area contributed by atoms with E-state index in [0.717, 1.165) is 50.4 Å². The minimum absolute atomic E-state index is 0.136. The number of aliphatic carboxylic acids is 1. The van der Waals surface area contributed by atoms with Gasteiger partial charge >= 0.3 is 12.1 Å². The van der Waals surface area contributed by atoms with Gasteiger partial charge in [-0.1, -0.05) is 78.9 Å². The molecule has 0 saturated carbocycles. The number of halogens is 3. The number of piperidine rings is 1. The minimum Gasteiger partial charge on any atom is -0.475 e. The van der Waals surface area contributed by atoms with E-state index in [1.165, 1.54) is 18.4 Å². The Morgan fingerprint density at radius 1 is 0.780 bits per heavy atom. The minimum atomic E-state index is -5.08. The summed E-state index contributed by atoms with van der Waals surface area (Å²) in [4.78, 5) is 49.6. The summed E-state index contributed by atoms with van der Waals surface area (Å²) in [5.74, 6) is -2.49. The van der Waals surface area contributed by atoms with Gasteiger partial charge in [-0.2, -0.15) is 13.2 Å². The first-order chi connectivity index (χ1) is 24.0. The molecule has 0 aliphatic carbocycles. The molecule has 1 aliphatic rings. The predicted molar refractivity (Wildman–Crippen MR) is 185 cm³/mol. The highest BCUT2D eigenvalue weighted by Crippen LogP contribution is 2.22. The third kappa shape index (κ3) is 15.7. The van der Waals surface area contributed by atoms with Crippen LogP contribution in [0, 0.1) is 5.92 Å². The second-order valence-corrected chi connectivity index (χ2v) is 12.3. The van der Waals surface area contributed by atoms with Crippen molar-refractivity contribution in [3.63, 3.8) is 0 Å². The van der Waals surface area contributed by atoms with Crippen molar-refractivity contribution in [2.75, 3.05) is 32.7 Å². The van der Waals surface area contributed by atoms with Crippen LogP contribution in [-0.2, 0) is 27.2 Å². The van der Waals surface area contributed by atoms with E-state index in [9.17, 15) is 27.6 Å². The van der Waals surface area contributed by atoms with Crippen LogP contribution in [-0.4, -0.2) is 78.6 Å². The Labute approximate surface area is 291 Å². The van der Waals surface area contributed by atoms with Gasteiger partial charge < -0.3 is 26.0 Å². The summed E-state index contributed by atoms with van der Waals surface area (Å²) >= 11 is 0. The summed E-state index contributed by atoms with van der Waals surface area (Å²) in [5.41, 5.74) is 3.17. The fourth-order valence-corrected chi connectivity index (χ4v) is 5.66. The van der Waals surface area contributed by atoms with Gasteiger partial charge in [0.25, 0.3) is 5.91 Å². The molecule has 4 N–H and O–H groups in total. The van der Waals surface area contributed by atoms with E-state index in [4.69, 9.17) is 9.90 Å². The number of likely N-dealkylation sites (tertiary alicyclic amines) is 1. The molecule has 0 radical (unpaired) electrons. The average Bonchev–Trinajstić information content (AvgIpc) is 3.11. The van der Waals surface area contributed by atoms with Crippen molar-refractivity contribution in [2.45, 2.75) is 63.6 Å². The quantitative estimate of drug-likeness (QED) is 0.149. The molecule has 1 atom stereocenters. The standard InChI is InChI=1S/C36H46N4O3.C2HF3O2/c41-34(19-10-23-37-35(42)32-16-8-3-9-17-32)39-33(36(43)38-24-20-29-12-4-1-5-13-29)18-11-25-40-26-21-31(22-27-40)28-30-14-6-2-7-15-30;3-2(4,5)1(6)7/h1-9,12-17,31,33H,10-11,18-28H2,(H,37,42)(H,38,43)(H,39,41);(H,6,7)/t33-;/m0./s1. The summed E-state index contributed by atoms with van der Waals surface area (Å²) in [5, 5.41) is 16.0. The first-order valence-corrected chi connectivity index (χ1v) is 17.0. The zero-order chi connectivity index (χ0) is 36.2. The highest BCUT2D eigenvalue weighted by molar-refractivity contribution is 5.94. The number of hydrogen-bond acceptors (Lipinski definition) is 5. The summed E-state index contributed by atoms with van der Waals surface area (Å²) < 4.78 is 31.7. The number of nitrogens with one attached hydrogen (secondary N) is 3. The van der Waals surface area contributed by atoms with Crippen molar-refractivity contribution < 1.29 is 37.5 Å². The van der Waals surface area contributed by atoms with E-state index >= 15 is 0 Å². The van der Waals surface area contributed by atoms with Crippen LogP contribution in [0.25, 0.3) is 0 Å². The smallest absolute Gasteiger partial charge is 0.475 e. The van der Waals surface area contributed by atoms with Crippen LogP contribution in [0.5, 0.6) is 0 Å². The average molecular weight is 697 g/mol. The number of alkyl halides is 3. The topological polar surface area (TPSA) is 128 Å². The van der Waals surface area contributed by atoms with Gasteiger partial charge in [-0.05, 0) is 93.8 Å². The lowest BCUT2D eigenvalue weighted by molar-refractivity contribution is -0.192. The first kappa shape index (κ1) is 39.7. The summed E-state index contributed by atoms with van der Waals surface area (Å²) in [7, 11) is 0. The molecule has 3 aromatic rings. The van der Waals surface area contributed by atoms with E-state index < -0.39 is 18.2 Å².